The number of hydrogen-bond acceptors (Lipinski definition) is 9. The first kappa shape index (κ1) is 26.4. The lowest BCUT2D eigenvalue weighted by Crippen LogP contribution is -2.67. The number of benzene rings is 1. The molecule has 3 aromatic heterocycles. The van der Waals surface area contributed by atoms with Crippen LogP contribution < -0.4 is 15.0 Å². The molecule has 1 aromatic carbocycles. The molecule has 12 heteroatoms. The zero-order valence-electron chi connectivity index (χ0n) is 22.9. The summed E-state index contributed by atoms with van der Waals surface area (Å²) in [6, 6.07) is 6.53. The summed E-state index contributed by atoms with van der Waals surface area (Å²) in [6.45, 7) is 7.21. The minimum Gasteiger partial charge on any atom is -0.421 e. The second-order valence-electron chi connectivity index (χ2n) is 10.4. The number of ether oxygens (including phenoxy) is 1. The van der Waals surface area contributed by atoms with Crippen LogP contribution in [0.2, 0.25) is 0 Å². The molecule has 1 saturated heterocycles. The smallest absolute Gasteiger partial charge is 0.322 e. The average molecular weight is 556 g/mol. The number of rotatable bonds is 7. The van der Waals surface area contributed by atoms with E-state index in [1.165, 1.54) is 12.1 Å². The van der Waals surface area contributed by atoms with Gasteiger partial charge in [-0.3, -0.25) is 9.48 Å². The third kappa shape index (κ3) is 5.20. The number of amides is 1. The highest BCUT2D eigenvalue weighted by atomic mass is 19.1. The van der Waals surface area contributed by atoms with Gasteiger partial charge in [-0.25, -0.2) is 19.3 Å². The Kier molecular flexibility index (Phi) is 6.82. The normalized spacial score (nSPS) is 15.9. The van der Waals surface area contributed by atoms with Crippen LogP contribution in [0.4, 0.5) is 21.8 Å². The molecule has 0 radical (unpaired) electrons. The van der Waals surface area contributed by atoms with Gasteiger partial charge in [0, 0.05) is 56.5 Å². The van der Waals surface area contributed by atoms with Crippen molar-refractivity contribution in [2.45, 2.75) is 31.7 Å². The summed E-state index contributed by atoms with van der Waals surface area (Å²) in [5, 5.41) is 7.40. The molecule has 41 heavy (non-hydrogen) atoms. The van der Waals surface area contributed by atoms with E-state index >= 15 is 4.39 Å². The molecule has 4 heterocycles. The number of carbonyl (C=O) groups excluding carboxylic acids is 1. The molecule has 1 aliphatic heterocycles. The third-order valence-corrected chi connectivity index (χ3v) is 7.62. The number of aromatic nitrogens is 6. The van der Waals surface area contributed by atoms with Crippen LogP contribution in [-0.4, -0.2) is 65.7 Å². The molecule has 1 amide bonds. The number of nitrogens with zero attached hydrogens (tertiary/aromatic N) is 8. The van der Waals surface area contributed by atoms with Gasteiger partial charge in [0.15, 0.2) is 11.6 Å². The van der Waals surface area contributed by atoms with Crippen molar-refractivity contribution in [2.75, 3.05) is 29.9 Å². The van der Waals surface area contributed by atoms with Gasteiger partial charge in [0.05, 0.1) is 17.4 Å². The van der Waals surface area contributed by atoms with Crippen LogP contribution >= 0.6 is 0 Å². The molecular weight excluding hydrogens is 525 g/mol. The Morgan fingerprint density at radius 3 is 2.71 bits per heavy atom. The van der Waals surface area contributed by atoms with Gasteiger partial charge in [0.1, 0.15) is 5.82 Å². The molecule has 4 aromatic rings. The van der Waals surface area contributed by atoms with Gasteiger partial charge in [-0.2, -0.15) is 10.1 Å². The van der Waals surface area contributed by atoms with E-state index < -0.39 is 5.82 Å². The van der Waals surface area contributed by atoms with Crippen LogP contribution in [-0.2, 0) is 11.8 Å². The Bertz CT molecular complexity index is 1620. The van der Waals surface area contributed by atoms with E-state index in [0.717, 1.165) is 24.9 Å². The van der Waals surface area contributed by atoms with E-state index in [9.17, 15) is 4.79 Å². The molecule has 2 aliphatic rings. The van der Waals surface area contributed by atoms with Crippen molar-refractivity contribution in [1.82, 2.24) is 34.6 Å². The van der Waals surface area contributed by atoms with Crippen LogP contribution in [0.15, 0.2) is 61.7 Å². The molecule has 210 valence electrons. The van der Waals surface area contributed by atoms with Gasteiger partial charge in [0.25, 0.3) is 0 Å². The largest absolute Gasteiger partial charge is 0.421 e. The van der Waals surface area contributed by atoms with Gasteiger partial charge >= 0.3 is 6.01 Å². The first-order valence-electron chi connectivity index (χ1n) is 13.4. The number of halogens is 1. The summed E-state index contributed by atoms with van der Waals surface area (Å²) >= 11 is 0. The van der Waals surface area contributed by atoms with E-state index in [1.54, 1.807) is 41.5 Å². The number of nitrogens with one attached hydrogen (secondary N) is 1. The molecule has 2 fully saturated rings. The quantitative estimate of drug-likeness (QED) is 0.331. The maximum atomic E-state index is 15.3. The monoisotopic (exact) mass is 555 g/mol. The lowest BCUT2D eigenvalue weighted by molar-refractivity contribution is -0.137. The molecule has 11 nitrogen and oxygen atoms in total. The lowest BCUT2D eigenvalue weighted by Gasteiger charge is -2.56. The van der Waals surface area contributed by atoms with Gasteiger partial charge in [0.2, 0.25) is 11.9 Å². The highest BCUT2D eigenvalue weighted by molar-refractivity contribution is 5.88. The summed E-state index contributed by atoms with van der Waals surface area (Å²) in [4.78, 5) is 34.4. The summed E-state index contributed by atoms with van der Waals surface area (Å²) in [5.74, 6) is 0.440. The second-order valence-corrected chi connectivity index (χ2v) is 10.4. The van der Waals surface area contributed by atoms with Crippen LogP contribution in [0, 0.1) is 12.7 Å². The van der Waals surface area contributed by atoms with E-state index in [1.807, 2.05) is 25.1 Å². The van der Waals surface area contributed by atoms with Crippen molar-refractivity contribution in [2.24, 2.45) is 7.05 Å². The Labute approximate surface area is 236 Å². The first-order chi connectivity index (χ1) is 19.8. The third-order valence-electron chi connectivity index (χ3n) is 7.62. The maximum absolute atomic E-state index is 15.3. The minimum atomic E-state index is -0.562. The number of hydrogen-bond donors (Lipinski definition) is 1. The van der Waals surface area contributed by atoms with Crippen molar-refractivity contribution < 1.29 is 13.9 Å². The molecule has 0 unspecified atom stereocenters. The minimum absolute atomic E-state index is 0.0154. The van der Waals surface area contributed by atoms with Crippen molar-refractivity contribution in [3.63, 3.8) is 0 Å². The SMILES string of the molecule is C=CC(=O)N1CCN(c2nc(Nc3cnn(C)c3)ncc2-c2ccc(Oc3nccc(C)n3)c(F)c2)CC12CCC2. The molecule has 0 atom stereocenters. The van der Waals surface area contributed by atoms with Gasteiger partial charge in [-0.15, -0.1) is 0 Å². The molecular formula is C29H30FN9O2. The van der Waals surface area contributed by atoms with Crippen LogP contribution in [0.1, 0.15) is 25.0 Å². The number of anilines is 3. The number of carbonyl (C=O) groups is 1. The molecule has 1 aliphatic carbocycles. The van der Waals surface area contributed by atoms with Gasteiger partial charge < -0.3 is 19.9 Å². The average Bonchev–Trinajstić information content (AvgIpc) is 3.36. The van der Waals surface area contributed by atoms with Crippen molar-refractivity contribution in [3.8, 4) is 22.9 Å². The van der Waals surface area contributed by atoms with Gasteiger partial charge in [-0.1, -0.05) is 12.6 Å². The highest BCUT2D eigenvalue weighted by Gasteiger charge is 2.48. The van der Waals surface area contributed by atoms with Crippen molar-refractivity contribution >= 4 is 23.4 Å². The van der Waals surface area contributed by atoms with Crippen LogP contribution in [0.25, 0.3) is 11.1 Å². The Morgan fingerprint density at radius 2 is 2.02 bits per heavy atom. The maximum Gasteiger partial charge on any atom is 0.322 e. The fraction of sp³-hybridized carbons (Fsp3) is 0.310. The molecule has 0 bridgehead atoms. The zero-order chi connectivity index (χ0) is 28.6. The predicted octanol–water partition coefficient (Wildman–Crippen LogP) is 4.41. The van der Waals surface area contributed by atoms with E-state index in [2.05, 4.69) is 36.8 Å². The number of aryl methyl sites for hydroxylation is 2. The summed E-state index contributed by atoms with van der Waals surface area (Å²) in [6.07, 6.45) is 11.0. The van der Waals surface area contributed by atoms with Crippen LogP contribution in [0.5, 0.6) is 11.8 Å². The second kappa shape index (κ2) is 10.6. The van der Waals surface area contributed by atoms with E-state index in [0.29, 0.717) is 48.2 Å². The Hall–Kier alpha value is -4.87. The summed E-state index contributed by atoms with van der Waals surface area (Å²) in [5.41, 5.74) is 2.44. The fourth-order valence-electron chi connectivity index (χ4n) is 5.44. The molecule has 6 rings (SSSR count). The van der Waals surface area contributed by atoms with Gasteiger partial charge in [-0.05, 0) is 56.0 Å². The number of piperazine rings is 1. The van der Waals surface area contributed by atoms with Crippen LogP contribution in [0.3, 0.4) is 0 Å². The zero-order valence-corrected chi connectivity index (χ0v) is 22.9. The topological polar surface area (TPSA) is 114 Å². The van der Waals surface area contributed by atoms with Crippen molar-refractivity contribution in [1.29, 1.82) is 0 Å². The molecule has 1 saturated carbocycles. The first-order valence-corrected chi connectivity index (χ1v) is 13.4. The Morgan fingerprint density at radius 1 is 1.17 bits per heavy atom. The predicted molar refractivity (Wildman–Crippen MR) is 151 cm³/mol. The fourth-order valence-corrected chi connectivity index (χ4v) is 5.44. The van der Waals surface area contributed by atoms with E-state index in [-0.39, 0.29) is 23.2 Å². The standard InChI is InChI=1S/C29H30FN9O2/c1-4-25(40)39-13-12-38(18-29(39)9-5-10-29)26-22(16-32-27(36-26)35-21-15-33-37(3)17-21)20-6-7-24(23(30)14-20)41-28-31-11-8-19(2)34-28/h4,6-8,11,14-17H,1,5,9-10,12-13,18H2,2-3H3,(H,32,35,36). The molecule has 1 spiro atoms. The Balaban J connectivity index is 1.35. The van der Waals surface area contributed by atoms with Crippen molar-refractivity contribution in [3.05, 3.63) is 73.2 Å². The molecule has 1 N–H and O–H groups in total. The summed E-state index contributed by atoms with van der Waals surface area (Å²) in [7, 11) is 1.83. The van der Waals surface area contributed by atoms with E-state index in [4.69, 9.17) is 9.72 Å². The summed E-state index contributed by atoms with van der Waals surface area (Å²) < 4.78 is 22.6. The highest BCUT2D eigenvalue weighted by Crippen LogP contribution is 2.43. The lowest BCUT2D eigenvalue weighted by atomic mass is 9.73.